The average Bonchev–Trinajstić information content (AvgIpc) is 3.72. The largest absolute Gasteiger partial charge is 0.461 e. The number of likely N-dealkylation sites (tertiary alicyclic amines) is 1. The van der Waals surface area contributed by atoms with Crippen molar-refractivity contribution in [3.05, 3.63) is 66.0 Å². The van der Waals surface area contributed by atoms with Gasteiger partial charge in [0.1, 0.15) is 11.9 Å². The second-order valence-electron chi connectivity index (χ2n) is 13.2. The van der Waals surface area contributed by atoms with Crippen molar-refractivity contribution in [3.63, 3.8) is 0 Å². The van der Waals surface area contributed by atoms with E-state index in [1.807, 2.05) is 6.19 Å². The molecule has 4 aliphatic rings. The molecule has 0 radical (unpaired) electrons. The molecule has 220 valence electrons. The highest BCUT2D eigenvalue weighted by Crippen LogP contribution is 2.45. The molecule has 7 rings (SSSR count). The Balaban J connectivity index is 1.05. The Hall–Kier alpha value is -3.37. The van der Waals surface area contributed by atoms with Crippen LogP contribution in [-0.2, 0) is 10.2 Å². The molecule has 0 N–H and O–H groups in total. The average molecular weight is 565 g/mol. The van der Waals surface area contributed by atoms with E-state index in [9.17, 15) is 5.26 Å². The highest BCUT2D eigenvalue weighted by atomic mass is 16.5. The number of nitrogens with zero attached hydrogens (tertiary/aromatic N) is 6. The lowest BCUT2D eigenvalue weighted by molar-refractivity contribution is 0.0836. The van der Waals surface area contributed by atoms with Gasteiger partial charge in [-0.3, -0.25) is 4.90 Å². The number of hydrogen-bond donors (Lipinski definition) is 0. The first-order valence-electron chi connectivity index (χ1n) is 16.3. The molecule has 3 aromatic rings. The molecule has 0 spiro atoms. The van der Waals surface area contributed by atoms with Gasteiger partial charge in [-0.1, -0.05) is 42.5 Å². The van der Waals surface area contributed by atoms with Crippen LogP contribution in [0, 0.1) is 18.4 Å². The van der Waals surface area contributed by atoms with Crippen LogP contribution >= 0.6 is 0 Å². The predicted molar refractivity (Wildman–Crippen MR) is 166 cm³/mol. The zero-order valence-corrected chi connectivity index (χ0v) is 25.0. The van der Waals surface area contributed by atoms with Crippen molar-refractivity contribution in [2.24, 2.45) is 4.99 Å². The minimum absolute atomic E-state index is 0.135. The first kappa shape index (κ1) is 27.5. The zero-order valence-electron chi connectivity index (χ0n) is 25.0. The van der Waals surface area contributed by atoms with Gasteiger partial charge in [0.2, 0.25) is 6.19 Å². The van der Waals surface area contributed by atoms with Crippen molar-refractivity contribution in [2.75, 3.05) is 19.6 Å². The normalized spacial score (nSPS) is 26.5. The lowest BCUT2D eigenvalue weighted by atomic mass is 9.70. The van der Waals surface area contributed by atoms with Gasteiger partial charge in [0, 0.05) is 31.2 Å². The summed E-state index contributed by atoms with van der Waals surface area (Å²) in [5, 5.41) is 9.40. The minimum Gasteiger partial charge on any atom is -0.461 e. The summed E-state index contributed by atoms with van der Waals surface area (Å²) in [4.78, 5) is 14.1. The summed E-state index contributed by atoms with van der Waals surface area (Å²) in [6.07, 6.45) is 15.1. The second kappa shape index (κ2) is 11.7. The fourth-order valence-electron chi connectivity index (χ4n) is 8.76. The van der Waals surface area contributed by atoms with Gasteiger partial charge in [-0.05, 0) is 107 Å². The van der Waals surface area contributed by atoms with Crippen LogP contribution in [0.5, 0.6) is 0 Å². The van der Waals surface area contributed by atoms with Crippen LogP contribution in [0.25, 0.3) is 11.0 Å². The standard InChI is InChI=1S/C35H44N6O/c1-26-38-32-13-7-8-14-33(32)41(26)30-23-28-15-16-29(24-30)40(28)22-19-35(27-9-3-2-4-10-27)17-20-39(21-18-35)34(37-25-36)42-31-11-5-6-12-31/h2-4,7-10,13-14,28-31H,5-6,11-12,15-24H2,1H3. The summed E-state index contributed by atoms with van der Waals surface area (Å²) in [7, 11) is 0. The van der Waals surface area contributed by atoms with Gasteiger partial charge < -0.3 is 14.2 Å². The quantitative estimate of drug-likeness (QED) is 0.189. The van der Waals surface area contributed by atoms with Crippen molar-refractivity contribution in [3.8, 4) is 6.19 Å². The van der Waals surface area contributed by atoms with E-state index >= 15 is 0 Å². The summed E-state index contributed by atoms with van der Waals surface area (Å²) in [5.74, 6) is 1.15. The van der Waals surface area contributed by atoms with Crippen molar-refractivity contribution in [1.29, 1.82) is 5.26 Å². The highest BCUT2D eigenvalue weighted by molar-refractivity contribution is 5.76. The molecular formula is C35H44N6O. The van der Waals surface area contributed by atoms with Gasteiger partial charge in [-0.2, -0.15) is 5.26 Å². The van der Waals surface area contributed by atoms with Crippen LogP contribution in [0.2, 0.25) is 0 Å². The Morgan fingerprint density at radius 1 is 0.952 bits per heavy atom. The van der Waals surface area contributed by atoms with Crippen LogP contribution in [0.4, 0.5) is 0 Å². The number of benzene rings is 2. The predicted octanol–water partition coefficient (Wildman–Crippen LogP) is 6.73. The van der Waals surface area contributed by atoms with E-state index < -0.39 is 0 Å². The molecule has 4 fully saturated rings. The van der Waals surface area contributed by atoms with Crippen molar-refractivity contribution < 1.29 is 4.74 Å². The molecule has 4 heterocycles. The third-order valence-electron chi connectivity index (χ3n) is 10.9. The van der Waals surface area contributed by atoms with Crippen LogP contribution in [0.3, 0.4) is 0 Å². The number of nitriles is 1. The van der Waals surface area contributed by atoms with E-state index in [4.69, 9.17) is 9.72 Å². The number of rotatable bonds is 6. The number of aryl methyl sites for hydroxylation is 1. The fraction of sp³-hybridized carbons (Fsp3) is 0.571. The van der Waals surface area contributed by atoms with Gasteiger partial charge in [-0.25, -0.2) is 4.98 Å². The van der Waals surface area contributed by atoms with Gasteiger partial charge in [0.15, 0.2) is 0 Å². The van der Waals surface area contributed by atoms with E-state index in [2.05, 4.69) is 80.9 Å². The molecular weight excluding hydrogens is 520 g/mol. The fourth-order valence-corrected chi connectivity index (χ4v) is 8.76. The van der Waals surface area contributed by atoms with Crippen LogP contribution < -0.4 is 0 Å². The van der Waals surface area contributed by atoms with Gasteiger partial charge in [0.05, 0.1) is 11.0 Å². The summed E-state index contributed by atoms with van der Waals surface area (Å²) in [6, 6.07) is 22.2. The molecule has 2 bridgehead atoms. The first-order valence-corrected chi connectivity index (χ1v) is 16.3. The van der Waals surface area contributed by atoms with Crippen LogP contribution in [-0.4, -0.2) is 63.2 Å². The van der Waals surface area contributed by atoms with Crippen molar-refractivity contribution in [2.45, 2.75) is 107 Å². The number of para-hydroxylation sites is 2. The highest BCUT2D eigenvalue weighted by Gasteiger charge is 2.44. The molecule has 1 saturated carbocycles. The Kier molecular flexibility index (Phi) is 7.66. The van der Waals surface area contributed by atoms with Crippen molar-refractivity contribution >= 4 is 17.1 Å². The molecule has 2 unspecified atom stereocenters. The maximum Gasteiger partial charge on any atom is 0.303 e. The van der Waals surface area contributed by atoms with E-state index in [1.54, 1.807) is 0 Å². The third kappa shape index (κ3) is 5.19. The topological polar surface area (TPSA) is 69.7 Å². The van der Waals surface area contributed by atoms with Crippen molar-refractivity contribution in [1.82, 2.24) is 19.4 Å². The maximum atomic E-state index is 9.40. The number of ether oxygens (including phenoxy) is 1. The van der Waals surface area contributed by atoms with Gasteiger partial charge >= 0.3 is 6.02 Å². The first-order chi connectivity index (χ1) is 20.6. The molecule has 1 aliphatic carbocycles. The van der Waals surface area contributed by atoms with Gasteiger partial charge in [0.25, 0.3) is 0 Å². The molecule has 1 aromatic heterocycles. The van der Waals surface area contributed by atoms with Gasteiger partial charge in [-0.15, -0.1) is 4.99 Å². The number of piperidine rings is 2. The number of imidazole rings is 1. The summed E-state index contributed by atoms with van der Waals surface area (Å²) < 4.78 is 8.81. The summed E-state index contributed by atoms with van der Waals surface area (Å²) >= 11 is 0. The number of hydrogen-bond acceptors (Lipinski definition) is 5. The maximum absolute atomic E-state index is 9.40. The Labute approximate surface area is 250 Å². The van der Waals surface area contributed by atoms with E-state index in [0.717, 1.165) is 56.7 Å². The molecule has 3 aliphatic heterocycles. The number of aromatic nitrogens is 2. The monoisotopic (exact) mass is 564 g/mol. The zero-order chi connectivity index (χ0) is 28.5. The molecule has 0 amide bonds. The summed E-state index contributed by atoms with van der Waals surface area (Å²) in [5.41, 5.74) is 4.01. The Bertz CT molecular complexity index is 1430. The smallest absolute Gasteiger partial charge is 0.303 e. The number of fused-ring (bicyclic) bond motifs is 3. The lowest BCUT2D eigenvalue weighted by Crippen LogP contribution is -2.49. The summed E-state index contributed by atoms with van der Waals surface area (Å²) in [6.45, 7) is 5.09. The number of amidine groups is 1. The number of aliphatic imine (C=N–C) groups is 1. The van der Waals surface area contributed by atoms with Crippen LogP contribution in [0.15, 0.2) is 59.6 Å². The molecule has 7 nitrogen and oxygen atoms in total. The van der Waals surface area contributed by atoms with E-state index in [0.29, 0.717) is 24.1 Å². The molecule has 3 saturated heterocycles. The second-order valence-corrected chi connectivity index (χ2v) is 13.2. The molecule has 2 aromatic carbocycles. The molecule has 2 atom stereocenters. The van der Waals surface area contributed by atoms with E-state index in [-0.39, 0.29) is 11.5 Å². The molecule has 42 heavy (non-hydrogen) atoms. The SMILES string of the molecule is Cc1nc2ccccc2n1C1CC2CCC(C1)N2CCC1(c2ccccc2)CCN(C(=NC#N)OC2CCCC2)CC1. The third-order valence-corrected chi connectivity index (χ3v) is 10.9. The molecule has 7 heteroatoms. The van der Waals surface area contributed by atoms with Crippen LogP contribution in [0.1, 0.15) is 88.1 Å². The van der Waals surface area contributed by atoms with E-state index in [1.165, 1.54) is 56.0 Å². The minimum atomic E-state index is 0.135. The lowest BCUT2D eigenvalue weighted by Gasteiger charge is -2.46. The Morgan fingerprint density at radius 3 is 2.36 bits per heavy atom. The Morgan fingerprint density at radius 2 is 1.64 bits per heavy atom.